The molecule has 2 rings (SSSR count). The number of primary amides is 1. The number of halogens is 1. The predicted octanol–water partition coefficient (Wildman–Crippen LogP) is 2.80. The molecule has 1 amide bonds. The summed E-state index contributed by atoms with van der Waals surface area (Å²) in [5, 5.41) is 9.34. The first-order valence-corrected chi connectivity index (χ1v) is 10.3. The molecule has 1 aromatic heterocycles. The number of thiazole rings is 1. The third-order valence-electron chi connectivity index (χ3n) is 4.19. The van der Waals surface area contributed by atoms with Crippen LogP contribution in [0.25, 0.3) is 0 Å². The Balaban J connectivity index is 1.98. The molecule has 1 heterocycles. The van der Waals surface area contributed by atoms with Gasteiger partial charge in [-0.15, -0.1) is 11.3 Å². The van der Waals surface area contributed by atoms with Crippen molar-refractivity contribution in [3.8, 4) is 0 Å². The quantitative estimate of drug-likeness (QED) is 0.442. The molecule has 0 saturated carbocycles. The Morgan fingerprint density at radius 2 is 2.00 bits per heavy atom. The van der Waals surface area contributed by atoms with Crippen LogP contribution in [0.3, 0.4) is 0 Å². The molecule has 8 heteroatoms. The fourth-order valence-corrected chi connectivity index (χ4v) is 3.43. The smallest absolute Gasteiger partial charge is 0.222 e. The standard InChI is InChI=1S/C20H28FN5OS/c1-4-23-20(25-11-18-26-17(12-28-18)13(2)3)24-10-15(19(22)27)9-14-5-7-16(21)8-6-14/h5-8,12-13,15H,4,9-11H2,1-3H3,(H2,22,27)(H2,23,24,25). The zero-order valence-electron chi connectivity index (χ0n) is 16.5. The number of carbonyl (C=O) groups is 1. The molecule has 0 fully saturated rings. The number of nitrogens with zero attached hydrogens (tertiary/aromatic N) is 2. The lowest BCUT2D eigenvalue weighted by molar-refractivity contribution is -0.121. The average molecular weight is 406 g/mol. The van der Waals surface area contributed by atoms with E-state index in [1.807, 2.05) is 6.92 Å². The SMILES string of the molecule is CCNC(=NCc1nc(C(C)C)cs1)NCC(Cc1ccc(F)cc1)C(N)=O. The van der Waals surface area contributed by atoms with Crippen molar-refractivity contribution >= 4 is 23.2 Å². The Morgan fingerprint density at radius 1 is 1.29 bits per heavy atom. The monoisotopic (exact) mass is 405 g/mol. The van der Waals surface area contributed by atoms with Crippen LogP contribution >= 0.6 is 11.3 Å². The van der Waals surface area contributed by atoms with Crippen molar-refractivity contribution in [2.24, 2.45) is 16.6 Å². The number of carbonyl (C=O) groups excluding carboxylic acids is 1. The number of benzene rings is 1. The van der Waals surface area contributed by atoms with E-state index in [1.165, 1.54) is 12.1 Å². The van der Waals surface area contributed by atoms with Gasteiger partial charge in [0.1, 0.15) is 10.8 Å². The molecule has 0 spiro atoms. The summed E-state index contributed by atoms with van der Waals surface area (Å²) in [6, 6.07) is 6.09. The lowest BCUT2D eigenvalue weighted by Gasteiger charge is -2.17. The highest BCUT2D eigenvalue weighted by atomic mass is 32.1. The molecule has 1 unspecified atom stereocenters. The van der Waals surface area contributed by atoms with E-state index < -0.39 is 11.8 Å². The van der Waals surface area contributed by atoms with Gasteiger partial charge in [0.25, 0.3) is 0 Å². The van der Waals surface area contributed by atoms with Crippen molar-refractivity contribution in [2.45, 2.75) is 39.7 Å². The fraction of sp³-hybridized carbons (Fsp3) is 0.450. The second-order valence-electron chi connectivity index (χ2n) is 6.83. The largest absolute Gasteiger partial charge is 0.369 e. The number of aliphatic imine (C=N–C) groups is 1. The minimum absolute atomic E-state index is 0.304. The number of hydrogen-bond acceptors (Lipinski definition) is 4. The molecule has 0 radical (unpaired) electrons. The molecule has 0 aliphatic carbocycles. The third kappa shape index (κ3) is 6.92. The molecule has 1 atom stereocenters. The van der Waals surface area contributed by atoms with Crippen LogP contribution in [-0.2, 0) is 17.8 Å². The van der Waals surface area contributed by atoms with Crippen molar-refractivity contribution in [3.05, 3.63) is 51.7 Å². The van der Waals surface area contributed by atoms with Crippen molar-refractivity contribution in [2.75, 3.05) is 13.1 Å². The maximum absolute atomic E-state index is 13.1. The van der Waals surface area contributed by atoms with E-state index in [2.05, 4.69) is 39.8 Å². The minimum atomic E-state index is -0.429. The normalized spacial score (nSPS) is 12.8. The van der Waals surface area contributed by atoms with E-state index in [9.17, 15) is 9.18 Å². The van der Waals surface area contributed by atoms with Gasteiger partial charge in [-0.3, -0.25) is 4.79 Å². The Hall–Kier alpha value is -2.48. The highest BCUT2D eigenvalue weighted by Gasteiger charge is 2.17. The van der Waals surface area contributed by atoms with E-state index >= 15 is 0 Å². The Labute approximate surface area is 169 Å². The molecule has 6 nitrogen and oxygen atoms in total. The van der Waals surface area contributed by atoms with E-state index in [0.717, 1.165) is 16.3 Å². The van der Waals surface area contributed by atoms with Gasteiger partial charge in [-0.25, -0.2) is 14.4 Å². The average Bonchev–Trinajstić information content (AvgIpc) is 3.13. The third-order valence-corrected chi connectivity index (χ3v) is 5.04. The maximum atomic E-state index is 13.1. The van der Waals surface area contributed by atoms with Gasteiger partial charge in [-0.1, -0.05) is 26.0 Å². The summed E-state index contributed by atoms with van der Waals surface area (Å²) in [5.41, 5.74) is 7.48. The number of nitrogens with two attached hydrogens (primary N) is 1. The van der Waals surface area contributed by atoms with E-state index in [4.69, 9.17) is 5.73 Å². The maximum Gasteiger partial charge on any atom is 0.222 e. The molecule has 0 saturated heterocycles. The molecule has 0 aliphatic heterocycles. The van der Waals surface area contributed by atoms with Gasteiger partial charge in [-0.2, -0.15) is 0 Å². The number of aromatic nitrogens is 1. The van der Waals surface area contributed by atoms with Crippen LogP contribution in [0.15, 0.2) is 34.6 Å². The van der Waals surface area contributed by atoms with Crippen LogP contribution in [0, 0.1) is 11.7 Å². The second-order valence-corrected chi connectivity index (χ2v) is 7.77. The van der Waals surface area contributed by atoms with Gasteiger partial charge < -0.3 is 16.4 Å². The number of amides is 1. The Morgan fingerprint density at radius 3 is 2.57 bits per heavy atom. The summed E-state index contributed by atoms with van der Waals surface area (Å²) in [4.78, 5) is 21.0. The molecule has 4 N–H and O–H groups in total. The van der Waals surface area contributed by atoms with E-state index in [-0.39, 0.29) is 5.82 Å². The molecule has 0 aliphatic rings. The summed E-state index contributed by atoms with van der Waals surface area (Å²) >= 11 is 1.59. The molecule has 1 aromatic carbocycles. The fourth-order valence-electron chi connectivity index (χ4n) is 2.55. The first kappa shape index (κ1) is 21.8. The highest BCUT2D eigenvalue weighted by Crippen LogP contribution is 2.18. The predicted molar refractivity (Wildman–Crippen MR) is 112 cm³/mol. The molecular weight excluding hydrogens is 377 g/mol. The number of rotatable bonds is 9. The van der Waals surface area contributed by atoms with Gasteiger partial charge in [0.05, 0.1) is 18.2 Å². The van der Waals surface area contributed by atoms with Crippen LogP contribution in [0.4, 0.5) is 4.39 Å². The van der Waals surface area contributed by atoms with Gasteiger partial charge >= 0.3 is 0 Å². The topological polar surface area (TPSA) is 92.4 Å². The Kier molecular flexibility index (Phi) is 8.38. The van der Waals surface area contributed by atoms with Crippen molar-refractivity contribution in [3.63, 3.8) is 0 Å². The lowest BCUT2D eigenvalue weighted by atomic mass is 9.98. The first-order chi connectivity index (χ1) is 13.4. The summed E-state index contributed by atoms with van der Waals surface area (Å²) in [6.45, 7) is 7.69. The number of guanidine groups is 1. The summed E-state index contributed by atoms with van der Waals surface area (Å²) in [5.74, 6) is -0.143. The van der Waals surface area contributed by atoms with Crippen LogP contribution < -0.4 is 16.4 Å². The lowest BCUT2D eigenvalue weighted by Crippen LogP contribution is -2.43. The molecular formula is C20H28FN5OS. The van der Waals surface area contributed by atoms with Gasteiger partial charge in [0.2, 0.25) is 5.91 Å². The number of nitrogens with one attached hydrogen (secondary N) is 2. The van der Waals surface area contributed by atoms with Gasteiger partial charge in [0.15, 0.2) is 5.96 Å². The summed E-state index contributed by atoms with van der Waals surface area (Å²) in [7, 11) is 0. The molecule has 28 heavy (non-hydrogen) atoms. The minimum Gasteiger partial charge on any atom is -0.369 e. The van der Waals surface area contributed by atoms with Crippen molar-refractivity contribution in [1.82, 2.24) is 15.6 Å². The molecule has 0 bridgehead atoms. The highest BCUT2D eigenvalue weighted by molar-refractivity contribution is 7.09. The number of hydrogen-bond donors (Lipinski definition) is 3. The molecule has 152 valence electrons. The van der Waals surface area contributed by atoms with Crippen LogP contribution in [0.5, 0.6) is 0 Å². The zero-order chi connectivity index (χ0) is 20.5. The van der Waals surface area contributed by atoms with Crippen LogP contribution in [0.1, 0.15) is 43.0 Å². The summed E-state index contributed by atoms with van der Waals surface area (Å²) < 4.78 is 13.1. The first-order valence-electron chi connectivity index (χ1n) is 9.39. The molecule has 2 aromatic rings. The van der Waals surface area contributed by atoms with Crippen molar-refractivity contribution < 1.29 is 9.18 Å². The van der Waals surface area contributed by atoms with Crippen molar-refractivity contribution in [1.29, 1.82) is 0 Å². The second kappa shape index (κ2) is 10.8. The Bertz CT molecular complexity index is 788. The summed E-state index contributed by atoms with van der Waals surface area (Å²) in [6.07, 6.45) is 0.437. The van der Waals surface area contributed by atoms with Crippen LogP contribution in [-0.4, -0.2) is 29.9 Å². The van der Waals surface area contributed by atoms with Gasteiger partial charge in [-0.05, 0) is 37.0 Å². The van der Waals surface area contributed by atoms with E-state index in [0.29, 0.717) is 37.9 Å². The van der Waals surface area contributed by atoms with Crippen LogP contribution in [0.2, 0.25) is 0 Å². The van der Waals surface area contributed by atoms with E-state index in [1.54, 1.807) is 23.5 Å². The van der Waals surface area contributed by atoms with Gasteiger partial charge in [0, 0.05) is 18.5 Å². The zero-order valence-corrected chi connectivity index (χ0v) is 17.4.